The van der Waals surface area contributed by atoms with E-state index >= 15 is 0 Å². The summed E-state index contributed by atoms with van der Waals surface area (Å²) >= 11 is 9.30. The van der Waals surface area contributed by atoms with E-state index in [2.05, 4.69) is 26.5 Å². The summed E-state index contributed by atoms with van der Waals surface area (Å²) in [5, 5.41) is 25.1. The SMILES string of the molecule is O=C(N/N=C/c1ccc(OCc2ccc(Cl)cc2)c(Br)c1)c1cc([N+](=O)[O-])ccc1O. The van der Waals surface area contributed by atoms with Crippen molar-refractivity contribution in [3.63, 3.8) is 0 Å². The molecule has 31 heavy (non-hydrogen) atoms. The van der Waals surface area contributed by atoms with Gasteiger partial charge in [0.05, 0.1) is 21.2 Å². The van der Waals surface area contributed by atoms with Crippen LogP contribution in [0, 0.1) is 10.1 Å². The minimum absolute atomic E-state index is 0.251. The van der Waals surface area contributed by atoms with Gasteiger partial charge in [-0.05, 0) is 63.5 Å². The Morgan fingerprint density at radius 3 is 2.61 bits per heavy atom. The van der Waals surface area contributed by atoms with Crippen molar-refractivity contribution in [1.29, 1.82) is 0 Å². The molecule has 0 aliphatic carbocycles. The first-order valence-electron chi connectivity index (χ1n) is 8.81. The maximum Gasteiger partial charge on any atom is 0.275 e. The Morgan fingerprint density at radius 1 is 1.19 bits per heavy atom. The molecule has 0 aliphatic rings. The summed E-state index contributed by atoms with van der Waals surface area (Å²) in [6.07, 6.45) is 1.39. The van der Waals surface area contributed by atoms with Gasteiger partial charge in [0.2, 0.25) is 0 Å². The molecule has 0 saturated carbocycles. The van der Waals surface area contributed by atoms with Crippen molar-refractivity contribution in [2.75, 3.05) is 0 Å². The number of halogens is 2. The van der Waals surface area contributed by atoms with E-state index in [0.717, 1.165) is 23.8 Å². The molecule has 2 N–H and O–H groups in total. The van der Waals surface area contributed by atoms with Crippen LogP contribution in [0.1, 0.15) is 21.5 Å². The highest BCUT2D eigenvalue weighted by Crippen LogP contribution is 2.27. The zero-order chi connectivity index (χ0) is 22.4. The second-order valence-electron chi connectivity index (χ2n) is 6.26. The summed E-state index contributed by atoms with van der Waals surface area (Å²) in [4.78, 5) is 22.3. The molecule has 0 aromatic heterocycles. The molecule has 158 valence electrons. The molecule has 0 spiro atoms. The molecule has 0 fully saturated rings. The quantitative estimate of drug-likeness (QED) is 0.265. The Morgan fingerprint density at radius 2 is 1.94 bits per heavy atom. The van der Waals surface area contributed by atoms with Gasteiger partial charge >= 0.3 is 0 Å². The lowest BCUT2D eigenvalue weighted by Crippen LogP contribution is -2.18. The summed E-state index contributed by atoms with van der Waals surface area (Å²) in [5.74, 6) is -0.541. The Balaban J connectivity index is 1.62. The van der Waals surface area contributed by atoms with Crippen LogP contribution in [0.25, 0.3) is 0 Å². The van der Waals surface area contributed by atoms with Gasteiger partial charge in [0, 0.05) is 17.2 Å². The van der Waals surface area contributed by atoms with Crippen molar-refractivity contribution < 1.29 is 19.6 Å². The molecule has 3 aromatic rings. The highest BCUT2D eigenvalue weighted by atomic mass is 79.9. The lowest BCUT2D eigenvalue weighted by molar-refractivity contribution is -0.384. The Hall–Kier alpha value is -3.43. The Kier molecular flexibility index (Phi) is 7.22. The van der Waals surface area contributed by atoms with Gasteiger partial charge in [-0.2, -0.15) is 5.10 Å². The predicted molar refractivity (Wildman–Crippen MR) is 120 cm³/mol. The fraction of sp³-hybridized carbons (Fsp3) is 0.0476. The van der Waals surface area contributed by atoms with Crippen LogP contribution in [0.5, 0.6) is 11.5 Å². The first-order chi connectivity index (χ1) is 14.8. The van der Waals surface area contributed by atoms with Gasteiger partial charge in [-0.1, -0.05) is 23.7 Å². The van der Waals surface area contributed by atoms with Crippen molar-refractivity contribution in [3.05, 3.63) is 97.0 Å². The number of nitro benzene ring substituents is 1. The molecular weight excluding hydrogens is 490 g/mol. The fourth-order valence-corrected chi connectivity index (χ4v) is 3.14. The number of nitro groups is 1. The molecule has 8 nitrogen and oxygen atoms in total. The zero-order valence-corrected chi connectivity index (χ0v) is 18.1. The monoisotopic (exact) mass is 503 g/mol. The number of benzene rings is 3. The van der Waals surface area contributed by atoms with Gasteiger partial charge in [0.25, 0.3) is 11.6 Å². The molecule has 0 saturated heterocycles. The number of nitrogens with zero attached hydrogens (tertiary/aromatic N) is 2. The molecule has 3 rings (SSSR count). The number of hydrogen-bond donors (Lipinski definition) is 2. The Labute approximate surface area is 190 Å². The maximum atomic E-state index is 12.1. The Bertz CT molecular complexity index is 1150. The van der Waals surface area contributed by atoms with Gasteiger partial charge in [-0.25, -0.2) is 5.43 Å². The number of aromatic hydroxyl groups is 1. The van der Waals surface area contributed by atoms with Gasteiger partial charge in [0.15, 0.2) is 0 Å². The third-order valence-corrected chi connectivity index (χ3v) is 4.95. The van der Waals surface area contributed by atoms with Crippen LogP contribution in [-0.4, -0.2) is 22.2 Å². The van der Waals surface area contributed by atoms with Crippen molar-refractivity contribution >= 4 is 45.3 Å². The van der Waals surface area contributed by atoms with Gasteiger partial charge in [-0.15, -0.1) is 0 Å². The number of rotatable bonds is 7. The van der Waals surface area contributed by atoms with Crippen molar-refractivity contribution in [2.24, 2.45) is 5.10 Å². The summed E-state index contributed by atoms with van der Waals surface area (Å²) in [6, 6.07) is 15.7. The molecule has 0 heterocycles. The van der Waals surface area contributed by atoms with Crippen LogP contribution in [0.15, 0.2) is 70.2 Å². The lowest BCUT2D eigenvalue weighted by atomic mass is 10.1. The third kappa shape index (κ3) is 6.03. The van der Waals surface area contributed by atoms with Gasteiger partial charge in [0.1, 0.15) is 18.1 Å². The first kappa shape index (κ1) is 22.3. The maximum absolute atomic E-state index is 12.1. The van der Waals surface area contributed by atoms with E-state index in [0.29, 0.717) is 27.4 Å². The predicted octanol–water partition coefficient (Wildman–Crippen LogP) is 5.06. The largest absolute Gasteiger partial charge is 0.507 e. The molecule has 0 radical (unpaired) electrons. The molecule has 3 aromatic carbocycles. The number of non-ortho nitro benzene ring substituents is 1. The summed E-state index contributed by atoms with van der Waals surface area (Å²) in [6.45, 7) is 0.367. The molecule has 0 aliphatic heterocycles. The van der Waals surface area contributed by atoms with Crippen LogP contribution in [-0.2, 0) is 6.61 Å². The topological polar surface area (TPSA) is 114 Å². The van der Waals surface area contributed by atoms with Crippen LogP contribution < -0.4 is 10.2 Å². The van der Waals surface area contributed by atoms with E-state index in [1.54, 1.807) is 30.3 Å². The molecular formula is C21H15BrClN3O5. The summed E-state index contributed by atoms with van der Waals surface area (Å²) in [5.41, 5.74) is 3.29. The van der Waals surface area contributed by atoms with Crippen LogP contribution in [0.3, 0.4) is 0 Å². The number of nitrogens with one attached hydrogen (secondary N) is 1. The van der Waals surface area contributed by atoms with E-state index in [-0.39, 0.29) is 17.0 Å². The minimum Gasteiger partial charge on any atom is -0.507 e. The molecule has 0 unspecified atom stereocenters. The van der Waals surface area contributed by atoms with Gasteiger partial charge < -0.3 is 9.84 Å². The third-order valence-electron chi connectivity index (χ3n) is 4.08. The normalized spacial score (nSPS) is 10.8. The van der Waals surface area contributed by atoms with Crippen LogP contribution in [0.4, 0.5) is 5.69 Å². The summed E-state index contributed by atoms with van der Waals surface area (Å²) < 4.78 is 6.46. The minimum atomic E-state index is -0.778. The molecule has 1 amide bonds. The van der Waals surface area contributed by atoms with Gasteiger partial charge in [-0.3, -0.25) is 14.9 Å². The van der Waals surface area contributed by atoms with E-state index in [1.165, 1.54) is 6.21 Å². The van der Waals surface area contributed by atoms with Crippen molar-refractivity contribution in [1.82, 2.24) is 5.43 Å². The highest BCUT2D eigenvalue weighted by Gasteiger charge is 2.16. The van der Waals surface area contributed by atoms with Crippen LogP contribution >= 0.6 is 27.5 Å². The van der Waals surface area contributed by atoms with Crippen molar-refractivity contribution in [3.8, 4) is 11.5 Å². The average Bonchev–Trinajstić information content (AvgIpc) is 2.74. The first-order valence-corrected chi connectivity index (χ1v) is 9.98. The number of carbonyl (C=O) groups excluding carboxylic acids is 1. The molecule has 0 bridgehead atoms. The molecule has 10 heteroatoms. The van der Waals surface area contributed by atoms with E-state index in [4.69, 9.17) is 16.3 Å². The lowest BCUT2D eigenvalue weighted by Gasteiger charge is -2.09. The standard InChI is InChI=1S/C21H15BrClN3O5/c22-18-9-14(3-8-20(18)31-12-13-1-4-15(23)5-2-13)11-24-25-21(28)17-10-16(26(29)30)6-7-19(17)27/h1-11,27H,12H2,(H,25,28)/b24-11+. The number of amides is 1. The van der Waals surface area contributed by atoms with Crippen molar-refractivity contribution in [2.45, 2.75) is 6.61 Å². The number of carbonyl (C=O) groups is 1. The number of phenolic OH excluding ortho intramolecular Hbond substituents is 1. The van der Waals surface area contributed by atoms with Crippen LogP contribution in [0.2, 0.25) is 5.02 Å². The van der Waals surface area contributed by atoms with E-state index in [9.17, 15) is 20.0 Å². The zero-order valence-electron chi connectivity index (χ0n) is 15.8. The smallest absolute Gasteiger partial charge is 0.275 e. The molecule has 0 atom stereocenters. The number of hydrogen-bond acceptors (Lipinski definition) is 6. The van der Waals surface area contributed by atoms with E-state index < -0.39 is 10.8 Å². The number of ether oxygens (including phenoxy) is 1. The summed E-state index contributed by atoms with van der Waals surface area (Å²) in [7, 11) is 0. The fourth-order valence-electron chi connectivity index (χ4n) is 2.50. The van der Waals surface area contributed by atoms with E-state index in [1.807, 2.05) is 12.1 Å². The number of hydrazone groups is 1. The second-order valence-corrected chi connectivity index (χ2v) is 7.55. The second kappa shape index (κ2) is 10.1. The highest BCUT2D eigenvalue weighted by molar-refractivity contribution is 9.10. The number of phenols is 1. The average molecular weight is 505 g/mol.